The highest BCUT2D eigenvalue weighted by Gasteiger charge is 2.25. The van der Waals surface area contributed by atoms with Gasteiger partial charge in [-0.25, -0.2) is 0 Å². The molecule has 1 heterocycles. The molecule has 2 atom stereocenters. The van der Waals surface area contributed by atoms with E-state index >= 15 is 0 Å². The number of carbonyl (C=O) groups is 1. The minimum atomic E-state index is -0.620. The monoisotopic (exact) mass is 291 g/mol. The summed E-state index contributed by atoms with van der Waals surface area (Å²) in [6, 6.07) is 4.51. The van der Waals surface area contributed by atoms with Crippen LogP contribution in [0.3, 0.4) is 0 Å². The van der Waals surface area contributed by atoms with E-state index in [4.69, 9.17) is 4.42 Å². The van der Waals surface area contributed by atoms with Crippen LogP contribution in [0.5, 0.6) is 5.75 Å². The van der Waals surface area contributed by atoms with Crippen molar-refractivity contribution in [3.8, 4) is 5.75 Å². The first kappa shape index (κ1) is 15.4. The van der Waals surface area contributed by atoms with Crippen LogP contribution < -0.4 is 5.32 Å². The number of aliphatic hydroxyl groups is 1. The summed E-state index contributed by atoms with van der Waals surface area (Å²) in [5.74, 6) is -0.310. The molecule has 1 aromatic carbocycles. The molecule has 114 valence electrons. The van der Waals surface area contributed by atoms with E-state index in [1.165, 1.54) is 12.3 Å². The van der Waals surface area contributed by atoms with Gasteiger partial charge in [0, 0.05) is 0 Å². The Morgan fingerprint density at radius 1 is 1.38 bits per heavy atom. The Morgan fingerprint density at radius 3 is 2.71 bits per heavy atom. The van der Waals surface area contributed by atoms with Gasteiger partial charge in [0.15, 0.2) is 0 Å². The lowest BCUT2D eigenvalue weighted by molar-refractivity contribution is 0.0678. The van der Waals surface area contributed by atoms with Gasteiger partial charge in [0.25, 0.3) is 5.91 Å². The van der Waals surface area contributed by atoms with Crippen LogP contribution in [0.25, 0.3) is 11.0 Å². The van der Waals surface area contributed by atoms with Crippen molar-refractivity contribution in [2.24, 2.45) is 5.92 Å². The van der Waals surface area contributed by atoms with Gasteiger partial charge in [0.05, 0.1) is 23.1 Å². The Morgan fingerprint density at radius 2 is 2.10 bits per heavy atom. The summed E-state index contributed by atoms with van der Waals surface area (Å²) >= 11 is 0. The van der Waals surface area contributed by atoms with E-state index in [1.807, 2.05) is 20.8 Å². The largest absolute Gasteiger partial charge is 0.507 e. The molecule has 0 saturated carbocycles. The normalized spacial score (nSPS) is 14.3. The van der Waals surface area contributed by atoms with Crippen molar-refractivity contribution in [3.05, 3.63) is 30.0 Å². The lowest BCUT2D eigenvalue weighted by Crippen LogP contribution is -2.45. The summed E-state index contributed by atoms with van der Waals surface area (Å²) in [4.78, 5) is 12.4. The van der Waals surface area contributed by atoms with Crippen molar-refractivity contribution in [2.45, 2.75) is 39.3 Å². The number of carbonyl (C=O) groups excluding carboxylic acids is 1. The van der Waals surface area contributed by atoms with Crippen LogP contribution in [-0.4, -0.2) is 28.3 Å². The number of benzene rings is 1. The third-order valence-electron chi connectivity index (χ3n) is 3.67. The van der Waals surface area contributed by atoms with Crippen molar-refractivity contribution in [1.82, 2.24) is 5.32 Å². The molecular weight excluding hydrogens is 270 g/mol. The quantitative estimate of drug-likeness (QED) is 0.791. The topological polar surface area (TPSA) is 82.7 Å². The van der Waals surface area contributed by atoms with Gasteiger partial charge in [-0.1, -0.05) is 26.8 Å². The molecule has 2 unspecified atom stereocenters. The maximum absolute atomic E-state index is 12.4. The Kier molecular flexibility index (Phi) is 4.53. The summed E-state index contributed by atoms with van der Waals surface area (Å²) in [7, 11) is 0. The van der Waals surface area contributed by atoms with E-state index in [0.29, 0.717) is 17.4 Å². The van der Waals surface area contributed by atoms with Gasteiger partial charge in [0.2, 0.25) is 0 Å². The summed E-state index contributed by atoms with van der Waals surface area (Å²) < 4.78 is 5.29. The minimum absolute atomic E-state index is 0.00357. The molecule has 0 aliphatic heterocycles. The SMILES string of the molecule is CCC(NC(=O)c1coc2cccc(O)c12)C(O)C(C)C. The summed E-state index contributed by atoms with van der Waals surface area (Å²) in [5.41, 5.74) is 0.732. The first-order valence-electron chi connectivity index (χ1n) is 7.13. The molecule has 0 spiro atoms. The second-order valence-electron chi connectivity index (χ2n) is 5.52. The number of aliphatic hydroxyl groups excluding tert-OH is 1. The number of nitrogens with one attached hydrogen (secondary N) is 1. The van der Waals surface area contributed by atoms with Crippen LogP contribution in [0.1, 0.15) is 37.6 Å². The van der Waals surface area contributed by atoms with Gasteiger partial charge in [-0.15, -0.1) is 0 Å². The van der Waals surface area contributed by atoms with Gasteiger partial charge in [0.1, 0.15) is 17.6 Å². The number of furan rings is 1. The minimum Gasteiger partial charge on any atom is -0.507 e. The molecular formula is C16H21NO4. The summed E-state index contributed by atoms with van der Waals surface area (Å²) in [6.45, 7) is 5.71. The fraction of sp³-hybridized carbons (Fsp3) is 0.438. The summed E-state index contributed by atoms with van der Waals surface area (Å²) in [6.07, 6.45) is 1.33. The lowest BCUT2D eigenvalue weighted by Gasteiger charge is -2.25. The van der Waals surface area contributed by atoms with Gasteiger partial charge < -0.3 is 19.9 Å². The van der Waals surface area contributed by atoms with Crippen molar-refractivity contribution < 1.29 is 19.4 Å². The van der Waals surface area contributed by atoms with Gasteiger partial charge in [-0.05, 0) is 24.5 Å². The molecule has 0 fully saturated rings. The van der Waals surface area contributed by atoms with Crippen molar-refractivity contribution >= 4 is 16.9 Å². The average molecular weight is 291 g/mol. The van der Waals surface area contributed by atoms with Crippen LogP contribution in [0.15, 0.2) is 28.9 Å². The molecule has 3 N–H and O–H groups in total. The number of aromatic hydroxyl groups is 1. The van der Waals surface area contributed by atoms with Crippen LogP contribution >= 0.6 is 0 Å². The molecule has 1 amide bonds. The van der Waals surface area contributed by atoms with E-state index in [0.717, 1.165) is 0 Å². The fourth-order valence-electron chi connectivity index (χ4n) is 2.38. The average Bonchev–Trinajstić information content (AvgIpc) is 2.89. The van der Waals surface area contributed by atoms with E-state index in [1.54, 1.807) is 12.1 Å². The zero-order valence-electron chi connectivity index (χ0n) is 12.5. The van der Waals surface area contributed by atoms with Crippen molar-refractivity contribution in [3.63, 3.8) is 0 Å². The predicted molar refractivity (Wildman–Crippen MR) is 80.3 cm³/mol. The molecule has 0 aliphatic carbocycles. The number of fused-ring (bicyclic) bond motifs is 1. The number of hydrogen-bond acceptors (Lipinski definition) is 4. The maximum Gasteiger partial charge on any atom is 0.255 e. The highest BCUT2D eigenvalue weighted by Crippen LogP contribution is 2.29. The summed E-state index contributed by atoms with van der Waals surface area (Å²) in [5, 5.41) is 23.2. The molecule has 1 aromatic heterocycles. The van der Waals surface area contributed by atoms with Gasteiger partial charge >= 0.3 is 0 Å². The molecule has 2 rings (SSSR count). The van der Waals surface area contributed by atoms with E-state index in [-0.39, 0.29) is 29.2 Å². The van der Waals surface area contributed by atoms with Crippen molar-refractivity contribution in [2.75, 3.05) is 0 Å². The van der Waals surface area contributed by atoms with Crippen LogP contribution in [0.4, 0.5) is 0 Å². The first-order valence-corrected chi connectivity index (χ1v) is 7.13. The Hall–Kier alpha value is -2.01. The van der Waals surface area contributed by atoms with Crippen LogP contribution in [0.2, 0.25) is 0 Å². The van der Waals surface area contributed by atoms with Crippen LogP contribution in [0, 0.1) is 5.92 Å². The number of amides is 1. The lowest BCUT2D eigenvalue weighted by atomic mass is 9.97. The molecule has 5 heteroatoms. The Balaban J connectivity index is 2.26. The fourth-order valence-corrected chi connectivity index (χ4v) is 2.38. The molecule has 0 bridgehead atoms. The Labute approximate surface area is 123 Å². The molecule has 0 aliphatic rings. The molecule has 21 heavy (non-hydrogen) atoms. The van der Waals surface area contributed by atoms with E-state index in [9.17, 15) is 15.0 Å². The van der Waals surface area contributed by atoms with Gasteiger partial charge in [-0.2, -0.15) is 0 Å². The van der Waals surface area contributed by atoms with E-state index in [2.05, 4.69) is 5.32 Å². The highest BCUT2D eigenvalue weighted by molar-refractivity contribution is 6.08. The molecule has 5 nitrogen and oxygen atoms in total. The number of phenols is 1. The number of rotatable bonds is 5. The van der Waals surface area contributed by atoms with E-state index < -0.39 is 6.10 Å². The molecule has 0 saturated heterocycles. The number of phenolic OH excluding ortho intramolecular Hbond substituents is 1. The zero-order chi connectivity index (χ0) is 15.6. The van der Waals surface area contributed by atoms with Crippen LogP contribution in [-0.2, 0) is 0 Å². The maximum atomic E-state index is 12.4. The standard InChI is InChI=1S/C16H21NO4/c1-4-11(15(19)9(2)3)17-16(20)10-8-21-13-7-5-6-12(18)14(10)13/h5-9,11,15,18-19H,4H2,1-3H3,(H,17,20). The number of hydrogen-bond donors (Lipinski definition) is 3. The predicted octanol–water partition coefficient (Wildman–Crippen LogP) is 2.66. The van der Waals surface area contributed by atoms with Crippen molar-refractivity contribution in [1.29, 1.82) is 0 Å². The second kappa shape index (κ2) is 6.18. The first-order chi connectivity index (χ1) is 9.95. The molecule has 0 radical (unpaired) electrons. The highest BCUT2D eigenvalue weighted by atomic mass is 16.3. The Bertz CT molecular complexity index is 632. The smallest absolute Gasteiger partial charge is 0.255 e. The zero-order valence-corrected chi connectivity index (χ0v) is 12.5. The van der Waals surface area contributed by atoms with Gasteiger partial charge in [-0.3, -0.25) is 4.79 Å². The third kappa shape index (κ3) is 3.03. The third-order valence-corrected chi connectivity index (χ3v) is 3.67. The second-order valence-corrected chi connectivity index (χ2v) is 5.52. The molecule has 2 aromatic rings.